The highest BCUT2D eigenvalue weighted by molar-refractivity contribution is 7.65. The van der Waals surface area contributed by atoms with Crippen molar-refractivity contribution in [3.05, 3.63) is 36.7 Å². The topological polar surface area (TPSA) is 48.4 Å². The third-order valence-electron chi connectivity index (χ3n) is 1.92. The lowest BCUT2D eigenvalue weighted by atomic mass is 10.3. The highest BCUT2D eigenvalue weighted by atomic mass is 31.2. The second-order valence-electron chi connectivity index (χ2n) is 3.02. The lowest BCUT2D eigenvalue weighted by molar-refractivity contribution is 0.230. The van der Waals surface area contributed by atoms with Crippen molar-refractivity contribution < 1.29 is 13.6 Å². The van der Waals surface area contributed by atoms with Gasteiger partial charge < -0.3 is 9.05 Å². The molecule has 0 radical (unpaired) electrons. The summed E-state index contributed by atoms with van der Waals surface area (Å²) in [4.78, 5) is 3.95. The van der Waals surface area contributed by atoms with Crippen LogP contribution in [0.1, 0.15) is 19.4 Å². The first kappa shape index (κ1) is 13.1. The average molecular weight is 241 g/mol. The van der Waals surface area contributed by atoms with Crippen molar-refractivity contribution in [1.82, 2.24) is 4.98 Å². The zero-order chi connectivity index (χ0) is 12.0. The van der Waals surface area contributed by atoms with Crippen LogP contribution in [0, 0.1) is 0 Å². The molecule has 4 nitrogen and oxygen atoms in total. The molecule has 88 valence electrons. The Morgan fingerprint density at radius 2 is 2.06 bits per heavy atom. The smallest absolute Gasteiger partial charge is 0.305 e. The van der Waals surface area contributed by atoms with Gasteiger partial charge in [-0.05, 0) is 19.9 Å². The normalized spacial score (nSPS) is 11.4. The van der Waals surface area contributed by atoms with Crippen LogP contribution in [0.2, 0.25) is 0 Å². The van der Waals surface area contributed by atoms with Crippen LogP contribution in [0.25, 0.3) is 5.31 Å². The van der Waals surface area contributed by atoms with E-state index in [9.17, 15) is 4.57 Å². The Morgan fingerprint density at radius 1 is 1.44 bits per heavy atom. The number of rotatable bonds is 6. The fourth-order valence-corrected chi connectivity index (χ4v) is 2.74. The summed E-state index contributed by atoms with van der Waals surface area (Å²) >= 11 is 0. The molecule has 5 heteroatoms. The quantitative estimate of drug-likeness (QED) is 0.717. The van der Waals surface area contributed by atoms with E-state index in [2.05, 4.69) is 11.6 Å². The van der Waals surface area contributed by atoms with Crippen molar-refractivity contribution in [2.75, 3.05) is 13.2 Å². The minimum absolute atomic E-state index is 0.316. The monoisotopic (exact) mass is 241 g/mol. The molecule has 0 bridgehead atoms. The summed E-state index contributed by atoms with van der Waals surface area (Å²) in [7, 11) is -3.27. The molecule has 0 atom stereocenters. The number of nitrogens with zero attached hydrogens (tertiary/aromatic N) is 1. The van der Waals surface area contributed by atoms with Crippen molar-refractivity contribution in [1.29, 1.82) is 0 Å². The molecule has 0 N–H and O–H groups in total. The van der Waals surface area contributed by atoms with Gasteiger partial charge in [-0.15, -0.1) is 0 Å². The van der Waals surface area contributed by atoms with E-state index in [1.54, 1.807) is 38.4 Å². The van der Waals surface area contributed by atoms with Gasteiger partial charge in [0.15, 0.2) is 0 Å². The first-order valence-corrected chi connectivity index (χ1v) is 6.67. The maximum Gasteiger partial charge on any atom is 0.361 e. The molecule has 0 aromatic carbocycles. The SMILES string of the molecule is C=C(c1cccnc1)P(=O)(OCC)OCC. The summed E-state index contributed by atoms with van der Waals surface area (Å²) in [6.07, 6.45) is 3.23. The van der Waals surface area contributed by atoms with Gasteiger partial charge in [-0.3, -0.25) is 9.55 Å². The maximum atomic E-state index is 12.3. The van der Waals surface area contributed by atoms with Gasteiger partial charge in [-0.1, -0.05) is 12.6 Å². The average Bonchev–Trinajstić information content (AvgIpc) is 2.30. The largest absolute Gasteiger partial charge is 0.361 e. The highest BCUT2D eigenvalue weighted by Crippen LogP contribution is 2.59. The van der Waals surface area contributed by atoms with Gasteiger partial charge in [0.2, 0.25) is 0 Å². The zero-order valence-corrected chi connectivity index (χ0v) is 10.4. The van der Waals surface area contributed by atoms with Crippen LogP contribution in [0.4, 0.5) is 0 Å². The van der Waals surface area contributed by atoms with Gasteiger partial charge in [0, 0.05) is 18.0 Å². The number of hydrogen-bond donors (Lipinski definition) is 0. The summed E-state index contributed by atoms with van der Waals surface area (Å²) in [5, 5.41) is 0.351. The summed E-state index contributed by atoms with van der Waals surface area (Å²) in [6, 6.07) is 3.53. The van der Waals surface area contributed by atoms with Crippen LogP contribution in [0.3, 0.4) is 0 Å². The van der Waals surface area contributed by atoms with Gasteiger partial charge >= 0.3 is 7.60 Å². The molecule has 1 rings (SSSR count). The van der Waals surface area contributed by atoms with E-state index in [0.717, 1.165) is 0 Å². The molecule has 0 aliphatic carbocycles. The van der Waals surface area contributed by atoms with Crippen molar-refractivity contribution in [3.8, 4) is 0 Å². The summed E-state index contributed by atoms with van der Waals surface area (Å²) < 4.78 is 22.7. The van der Waals surface area contributed by atoms with Crippen molar-refractivity contribution in [3.63, 3.8) is 0 Å². The van der Waals surface area contributed by atoms with Crippen LogP contribution in [0.5, 0.6) is 0 Å². The van der Waals surface area contributed by atoms with Crippen LogP contribution < -0.4 is 0 Å². The number of hydrogen-bond acceptors (Lipinski definition) is 4. The Labute approximate surface area is 95.8 Å². The second-order valence-corrected chi connectivity index (χ2v) is 5.07. The van der Waals surface area contributed by atoms with E-state index in [-0.39, 0.29) is 0 Å². The Balaban J connectivity index is 2.96. The Morgan fingerprint density at radius 3 is 2.50 bits per heavy atom. The molecule has 16 heavy (non-hydrogen) atoms. The van der Waals surface area contributed by atoms with Crippen LogP contribution in [-0.4, -0.2) is 18.2 Å². The number of aromatic nitrogens is 1. The fraction of sp³-hybridized carbons (Fsp3) is 0.364. The molecule has 0 amide bonds. The molecular formula is C11H16NO3P. The van der Waals surface area contributed by atoms with Crippen molar-refractivity contribution in [2.24, 2.45) is 0 Å². The van der Waals surface area contributed by atoms with Crippen LogP contribution >= 0.6 is 7.60 Å². The minimum Gasteiger partial charge on any atom is -0.305 e. The lowest BCUT2D eigenvalue weighted by Crippen LogP contribution is -1.98. The predicted molar refractivity (Wildman–Crippen MR) is 64.1 cm³/mol. The molecule has 1 aromatic rings. The van der Waals surface area contributed by atoms with Gasteiger partial charge in [0.05, 0.1) is 18.5 Å². The maximum absolute atomic E-state index is 12.3. The van der Waals surface area contributed by atoms with Gasteiger partial charge in [-0.2, -0.15) is 0 Å². The summed E-state index contributed by atoms with van der Waals surface area (Å²) in [6.45, 7) is 7.95. The van der Waals surface area contributed by atoms with Crippen molar-refractivity contribution in [2.45, 2.75) is 13.8 Å². The van der Waals surface area contributed by atoms with Crippen LogP contribution in [0.15, 0.2) is 31.1 Å². The second kappa shape index (κ2) is 5.94. The first-order valence-electron chi connectivity index (χ1n) is 5.13. The molecule has 0 aliphatic heterocycles. The zero-order valence-electron chi connectivity index (χ0n) is 9.55. The first-order chi connectivity index (χ1) is 7.64. The van der Waals surface area contributed by atoms with Gasteiger partial charge in [0.1, 0.15) is 0 Å². The van der Waals surface area contributed by atoms with E-state index >= 15 is 0 Å². The molecule has 0 fully saturated rings. The third kappa shape index (κ3) is 3.01. The van der Waals surface area contributed by atoms with Crippen LogP contribution in [-0.2, 0) is 13.6 Å². The summed E-state index contributed by atoms with van der Waals surface area (Å²) in [5.74, 6) is 0. The minimum atomic E-state index is -3.27. The van der Waals surface area contributed by atoms with E-state index in [1.807, 2.05) is 0 Å². The highest BCUT2D eigenvalue weighted by Gasteiger charge is 2.28. The molecule has 0 unspecified atom stereocenters. The lowest BCUT2D eigenvalue weighted by Gasteiger charge is -2.18. The Bertz CT molecular complexity index is 381. The van der Waals surface area contributed by atoms with Crippen molar-refractivity contribution >= 4 is 12.9 Å². The predicted octanol–water partition coefficient (Wildman–Crippen LogP) is 3.32. The number of pyridine rings is 1. The molecule has 0 saturated heterocycles. The van der Waals surface area contributed by atoms with Gasteiger partial charge in [-0.25, -0.2) is 0 Å². The molecule has 0 aliphatic rings. The van der Waals surface area contributed by atoms with E-state index < -0.39 is 7.60 Å². The van der Waals surface area contributed by atoms with Gasteiger partial charge in [0.25, 0.3) is 0 Å². The Kier molecular flexibility index (Phi) is 4.87. The molecule has 1 aromatic heterocycles. The standard InChI is InChI=1S/C11H16NO3P/c1-4-14-16(13,15-5-2)10(3)11-7-6-8-12-9-11/h6-9H,3-5H2,1-2H3. The summed E-state index contributed by atoms with van der Waals surface area (Å²) in [5.41, 5.74) is 0.674. The third-order valence-corrected chi connectivity index (χ3v) is 4.04. The molecular weight excluding hydrogens is 225 g/mol. The molecule has 0 saturated carbocycles. The Hall–Kier alpha value is -0.960. The molecule has 0 spiro atoms. The van der Waals surface area contributed by atoms with E-state index in [4.69, 9.17) is 9.05 Å². The fourth-order valence-electron chi connectivity index (χ4n) is 1.22. The van der Waals surface area contributed by atoms with E-state index in [0.29, 0.717) is 24.1 Å². The van der Waals surface area contributed by atoms with E-state index in [1.165, 1.54) is 0 Å². The molecule has 1 heterocycles.